The number of fused-ring (bicyclic) bond motifs is 1. The Hall–Kier alpha value is -2.99. The topological polar surface area (TPSA) is 55.2 Å². The fourth-order valence-corrected chi connectivity index (χ4v) is 3.75. The van der Waals surface area contributed by atoms with Gasteiger partial charge >= 0.3 is 0 Å². The first-order valence-corrected chi connectivity index (χ1v) is 9.46. The summed E-state index contributed by atoms with van der Waals surface area (Å²) in [6.07, 6.45) is 1.94. The lowest BCUT2D eigenvalue weighted by Gasteiger charge is -2.33. The van der Waals surface area contributed by atoms with Crippen molar-refractivity contribution >= 4 is 11.2 Å². The van der Waals surface area contributed by atoms with E-state index >= 15 is 0 Å². The van der Waals surface area contributed by atoms with E-state index in [1.807, 2.05) is 36.5 Å². The Balaban J connectivity index is 1.73. The predicted molar refractivity (Wildman–Crippen MR) is 112 cm³/mol. The molecular formula is C22H25N3O3. The highest BCUT2D eigenvalue weighted by Gasteiger charge is 2.16. The summed E-state index contributed by atoms with van der Waals surface area (Å²) in [7, 11) is 3.21. The number of anilines is 1. The van der Waals surface area contributed by atoms with Crippen molar-refractivity contribution in [1.82, 2.24) is 9.72 Å². The first-order chi connectivity index (χ1) is 13.6. The monoisotopic (exact) mass is 379 g/mol. The van der Waals surface area contributed by atoms with Gasteiger partial charge < -0.3 is 19.7 Å². The van der Waals surface area contributed by atoms with E-state index in [4.69, 9.17) is 9.47 Å². The van der Waals surface area contributed by atoms with Crippen LogP contribution in [0.3, 0.4) is 0 Å². The van der Waals surface area contributed by atoms with Crippen LogP contribution < -0.4 is 25.2 Å². The van der Waals surface area contributed by atoms with Crippen LogP contribution in [-0.4, -0.2) is 44.3 Å². The average molecular weight is 379 g/mol. The molecule has 4 rings (SSSR count). The van der Waals surface area contributed by atoms with Gasteiger partial charge in [0.25, 0.3) is 5.56 Å². The summed E-state index contributed by atoms with van der Waals surface area (Å²) in [4.78, 5) is 15.1. The summed E-state index contributed by atoms with van der Waals surface area (Å²) in [6.45, 7) is 5.00. The molecule has 2 aromatic heterocycles. The second-order valence-electron chi connectivity index (χ2n) is 7.14. The second-order valence-corrected chi connectivity index (χ2v) is 7.14. The maximum atomic E-state index is 12.8. The fourth-order valence-electron chi connectivity index (χ4n) is 3.75. The van der Waals surface area contributed by atoms with Crippen molar-refractivity contribution in [2.45, 2.75) is 13.0 Å². The molecule has 1 atom stereocenters. The van der Waals surface area contributed by atoms with Crippen LogP contribution in [0.4, 0.5) is 5.69 Å². The Morgan fingerprint density at radius 2 is 1.82 bits per heavy atom. The molecule has 146 valence electrons. The molecule has 3 aromatic rings. The lowest BCUT2D eigenvalue weighted by molar-refractivity contribution is 0.355. The van der Waals surface area contributed by atoms with Crippen molar-refractivity contribution in [3.05, 3.63) is 59.0 Å². The first-order valence-electron chi connectivity index (χ1n) is 9.46. The second kappa shape index (κ2) is 7.56. The largest absolute Gasteiger partial charge is 0.493 e. The minimum Gasteiger partial charge on any atom is -0.493 e. The molecule has 1 aromatic carbocycles. The number of ether oxygens (including phenoxy) is 2. The van der Waals surface area contributed by atoms with E-state index in [1.165, 1.54) is 0 Å². The van der Waals surface area contributed by atoms with Crippen LogP contribution in [0, 0.1) is 0 Å². The first kappa shape index (κ1) is 18.4. The number of hydrogen-bond donors (Lipinski definition) is 1. The van der Waals surface area contributed by atoms with E-state index in [2.05, 4.69) is 23.2 Å². The number of nitrogens with zero attached hydrogens (tertiary/aromatic N) is 2. The lowest BCUT2D eigenvalue weighted by atomic mass is 10.1. The molecule has 0 amide bonds. The third kappa shape index (κ3) is 3.43. The van der Waals surface area contributed by atoms with Gasteiger partial charge in [0.2, 0.25) is 0 Å². The maximum absolute atomic E-state index is 12.8. The molecule has 0 radical (unpaired) electrons. The molecule has 28 heavy (non-hydrogen) atoms. The van der Waals surface area contributed by atoms with E-state index in [1.54, 1.807) is 24.7 Å². The number of benzene rings is 1. The van der Waals surface area contributed by atoms with Crippen molar-refractivity contribution in [2.24, 2.45) is 0 Å². The molecule has 1 saturated heterocycles. The third-order valence-corrected chi connectivity index (χ3v) is 5.23. The molecule has 1 N–H and O–H groups in total. The molecule has 1 fully saturated rings. The summed E-state index contributed by atoms with van der Waals surface area (Å²) < 4.78 is 12.4. The summed E-state index contributed by atoms with van der Waals surface area (Å²) in [5, 5.41) is 3.44. The van der Waals surface area contributed by atoms with Crippen LogP contribution in [-0.2, 0) is 0 Å². The highest BCUT2D eigenvalue weighted by molar-refractivity contribution is 5.72. The summed E-state index contributed by atoms with van der Waals surface area (Å²) in [6, 6.07) is 13.9. The Kier molecular flexibility index (Phi) is 4.96. The highest BCUT2D eigenvalue weighted by Crippen LogP contribution is 2.32. The van der Waals surface area contributed by atoms with E-state index in [0.29, 0.717) is 17.5 Å². The van der Waals surface area contributed by atoms with Gasteiger partial charge in [-0.05, 0) is 48.4 Å². The van der Waals surface area contributed by atoms with Crippen LogP contribution in [0.2, 0.25) is 0 Å². The van der Waals surface area contributed by atoms with Crippen LogP contribution in [0.5, 0.6) is 11.5 Å². The van der Waals surface area contributed by atoms with E-state index in [0.717, 1.165) is 42.0 Å². The number of hydrogen-bond acceptors (Lipinski definition) is 5. The van der Waals surface area contributed by atoms with Gasteiger partial charge in [0, 0.05) is 43.5 Å². The van der Waals surface area contributed by atoms with E-state index < -0.39 is 0 Å². The standard InChI is InChI=1S/C22H25N3O3/c1-15-13-24(9-8-23-15)19-6-5-18-10-17(12-22(26)25(18)14-19)16-4-7-20(27-2)21(11-16)28-3/h4-7,10-12,14-15,23H,8-9,13H2,1-3H3. The smallest absolute Gasteiger partial charge is 0.255 e. The van der Waals surface area contributed by atoms with Crippen LogP contribution in [0.25, 0.3) is 16.6 Å². The third-order valence-electron chi connectivity index (χ3n) is 5.23. The molecule has 0 aliphatic carbocycles. The molecule has 0 saturated carbocycles. The lowest BCUT2D eigenvalue weighted by Crippen LogP contribution is -2.49. The van der Waals surface area contributed by atoms with Gasteiger partial charge in [-0.3, -0.25) is 9.20 Å². The fraction of sp³-hybridized carbons (Fsp3) is 0.318. The summed E-state index contributed by atoms with van der Waals surface area (Å²) >= 11 is 0. The van der Waals surface area contributed by atoms with E-state index in [9.17, 15) is 4.79 Å². The summed E-state index contributed by atoms with van der Waals surface area (Å²) in [5.74, 6) is 1.31. The van der Waals surface area contributed by atoms with Crippen LogP contribution in [0.15, 0.2) is 53.5 Å². The van der Waals surface area contributed by atoms with Gasteiger partial charge in [0.15, 0.2) is 11.5 Å². The minimum absolute atomic E-state index is 0.0488. The molecule has 1 aliphatic heterocycles. The van der Waals surface area contributed by atoms with Gasteiger partial charge in [-0.1, -0.05) is 6.07 Å². The molecule has 1 aliphatic rings. The van der Waals surface area contributed by atoms with Crippen molar-refractivity contribution in [3.8, 4) is 22.6 Å². The van der Waals surface area contributed by atoms with Crippen molar-refractivity contribution < 1.29 is 9.47 Å². The molecule has 6 nitrogen and oxygen atoms in total. The summed E-state index contributed by atoms with van der Waals surface area (Å²) in [5.41, 5.74) is 3.66. The number of aromatic nitrogens is 1. The zero-order valence-electron chi connectivity index (χ0n) is 16.4. The molecular weight excluding hydrogens is 354 g/mol. The average Bonchev–Trinajstić information content (AvgIpc) is 2.73. The van der Waals surface area contributed by atoms with Crippen molar-refractivity contribution in [1.29, 1.82) is 0 Å². The van der Waals surface area contributed by atoms with Gasteiger partial charge in [-0.25, -0.2) is 0 Å². The van der Waals surface area contributed by atoms with Gasteiger partial charge in [-0.15, -0.1) is 0 Å². The van der Waals surface area contributed by atoms with Gasteiger partial charge in [0.1, 0.15) is 0 Å². The van der Waals surface area contributed by atoms with Gasteiger partial charge in [0.05, 0.1) is 19.9 Å². The van der Waals surface area contributed by atoms with Gasteiger partial charge in [-0.2, -0.15) is 0 Å². The number of piperazine rings is 1. The molecule has 0 spiro atoms. The Morgan fingerprint density at radius 3 is 2.57 bits per heavy atom. The minimum atomic E-state index is -0.0488. The predicted octanol–water partition coefficient (Wildman–Crippen LogP) is 2.78. The Bertz CT molecular complexity index is 1060. The number of methoxy groups -OCH3 is 2. The molecule has 1 unspecified atom stereocenters. The molecule has 0 bridgehead atoms. The van der Waals surface area contributed by atoms with E-state index in [-0.39, 0.29) is 5.56 Å². The Morgan fingerprint density at radius 1 is 1.00 bits per heavy atom. The SMILES string of the molecule is COc1ccc(-c2cc(=O)n3cc(N4CCNC(C)C4)ccc3c2)cc1OC. The van der Waals surface area contributed by atoms with Crippen LogP contribution in [0.1, 0.15) is 6.92 Å². The zero-order chi connectivity index (χ0) is 19.7. The Labute approximate surface area is 164 Å². The number of rotatable bonds is 4. The number of pyridine rings is 2. The molecule has 3 heterocycles. The maximum Gasteiger partial charge on any atom is 0.255 e. The van der Waals surface area contributed by atoms with Crippen LogP contribution >= 0.6 is 0 Å². The highest BCUT2D eigenvalue weighted by atomic mass is 16.5. The zero-order valence-corrected chi connectivity index (χ0v) is 16.4. The normalized spacial score (nSPS) is 17.0. The molecule has 6 heteroatoms. The quantitative estimate of drug-likeness (QED) is 0.756. The number of nitrogens with one attached hydrogen (secondary N) is 1. The van der Waals surface area contributed by atoms with Crippen molar-refractivity contribution in [2.75, 3.05) is 38.8 Å². The van der Waals surface area contributed by atoms with Crippen molar-refractivity contribution in [3.63, 3.8) is 0 Å².